The van der Waals surface area contributed by atoms with Gasteiger partial charge in [0.25, 0.3) is 0 Å². The number of rotatable bonds is 8. The summed E-state index contributed by atoms with van der Waals surface area (Å²) in [4.78, 5) is 27.5. The third-order valence-corrected chi connectivity index (χ3v) is 9.02. The smallest absolute Gasteiger partial charge is 0.416 e. The van der Waals surface area contributed by atoms with Gasteiger partial charge in [0.1, 0.15) is 5.75 Å². The normalized spacial score (nSPS) is 20.8. The molecule has 1 aliphatic carbocycles. The van der Waals surface area contributed by atoms with Crippen molar-refractivity contribution in [3.63, 3.8) is 0 Å². The van der Waals surface area contributed by atoms with Crippen LogP contribution >= 0.6 is 0 Å². The average Bonchev–Trinajstić information content (AvgIpc) is 3.74. The fraction of sp³-hybridized carbons (Fsp3) is 0.429. The minimum absolute atomic E-state index is 0.0509. The minimum atomic E-state index is -4.51. The molecule has 9 heteroatoms. The van der Waals surface area contributed by atoms with Gasteiger partial charge < -0.3 is 20.1 Å². The average molecular weight is 609 g/mol. The van der Waals surface area contributed by atoms with Crippen molar-refractivity contribution in [2.45, 2.75) is 63.1 Å². The number of carboxylic acid groups (broad SMARTS) is 1. The van der Waals surface area contributed by atoms with E-state index in [0.717, 1.165) is 35.4 Å². The number of carbonyl (C=O) groups is 2. The Balaban J connectivity index is 1.38. The van der Waals surface area contributed by atoms with Gasteiger partial charge in [-0.2, -0.15) is 13.2 Å². The molecule has 1 saturated carbocycles. The number of piperidine rings is 1. The maximum absolute atomic E-state index is 14.2. The zero-order valence-corrected chi connectivity index (χ0v) is 25.5. The van der Waals surface area contributed by atoms with Gasteiger partial charge >= 0.3 is 12.1 Å². The molecule has 1 saturated heterocycles. The first-order valence-electron chi connectivity index (χ1n) is 15.0. The van der Waals surface area contributed by atoms with Gasteiger partial charge in [0.05, 0.1) is 23.7 Å². The minimum Gasteiger partial charge on any atom is -0.497 e. The lowest BCUT2D eigenvalue weighted by Crippen LogP contribution is -2.46. The molecule has 0 spiro atoms. The number of hydrogen-bond acceptors (Lipinski definition) is 4. The molecule has 2 N–H and O–H groups in total. The summed E-state index contributed by atoms with van der Waals surface area (Å²) in [5, 5.41) is 12.8. The maximum Gasteiger partial charge on any atom is 0.416 e. The van der Waals surface area contributed by atoms with Crippen LogP contribution in [0.4, 0.5) is 13.2 Å². The van der Waals surface area contributed by atoms with Crippen LogP contribution in [0, 0.1) is 5.92 Å². The van der Waals surface area contributed by atoms with Gasteiger partial charge in [0, 0.05) is 18.6 Å². The highest BCUT2D eigenvalue weighted by molar-refractivity contribution is 5.92. The lowest BCUT2D eigenvalue weighted by atomic mass is 9.82. The summed E-state index contributed by atoms with van der Waals surface area (Å²) in [5.74, 6) is -0.177. The Hall–Kier alpha value is -3.85. The molecule has 1 heterocycles. The predicted octanol–water partition coefficient (Wildman–Crippen LogP) is 7.13. The van der Waals surface area contributed by atoms with E-state index >= 15 is 0 Å². The summed E-state index contributed by atoms with van der Waals surface area (Å²) in [6, 6.07) is 17.4. The van der Waals surface area contributed by atoms with Crippen molar-refractivity contribution in [1.29, 1.82) is 0 Å². The molecule has 2 unspecified atom stereocenters. The van der Waals surface area contributed by atoms with Gasteiger partial charge in [-0.3, -0.25) is 4.79 Å². The number of halogens is 3. The zero-order valence-electron chi connectivity index (χ0n) is 25.5. The number of aromatic carboxylic acids is 1. The summed E-state index contributed by atoms with van der Waals surface area (Å²) in [6.45, 7) is 8.03. The second-order valence-corrected chi connectivity index (χ2v) is 13.0. The highest BCUT2D eigenvalue weighted by Gasteiger charge is 2.62. The molecular formula is C35H39F3N2O4. The summed E-state index contributed by atoms with van der Waals surface area (Å²) in [7, 11) is 1.61. The van der Waals surface area contributed by atoms with Gasteiger partial charge in [-0.05, 0) is 117 Å². The Morgan fingerprint density at radius 2 is 1.61 bits per heavy atom. The van der Waals surface area contributed by atoms with Crippen LogP contribution in [0.5, 0.6) is 5.75 Å². The highest BCUT2D eigenvalue weighted by Crippen LogP contribution is 2.56. The van der Waals surface area contributed by atoms with Crippen LogP contribution in [0.25, 0.3) is 11.1 Å². The number of methoxy groups -OCH3 is 1. The molecule has 1 aliphatic heterocycles. The highest BCUT2D eigenvalue weighted by atomic mass is 19.4. The second-order valence-electron chi connectivity index (χ2n) is 13.0. The first-order chi connectivity index (χ1) is 20.7. The van der Waals surface area contributed by atoms with Gasteiger partial charge in [-0.1, -0.05) is 30.3 Å². The van der Waals surface area contributed by atoms with Crippen LogP contribution in [-0.2, 0) is 16.4 Å². The third-order valence-electron chi connectivity index (χ3n) is 9.02. The molecule has 2 aliphatic rings. The summed E-state index contributed by atoms with van der Waals surface area (Å²) in [5.41, 5.74) is 1.32. The lowest BCUT2D eigenvalue weighted by molar-refractivity contribution is -0.137. The number of nitrogens with one attached hydrogen (secondary N) is 1. The van der Waals surface area contributed by atoms with E-state index < -0.39 is 23.1 Å². The number of carbonyl (C=O) groups excluding carboxylic acids is 1. The number of amides is 1. The maximum atomic E-state index is 14.2. The van der Waals surface area contributed by atoms with E-state index in [0.29, 0.717) is 43.6 Å². The Kier molecular flexibility index (Phi) is 8.55. The second kappa shape index (κ2) is 11.9. The Morgan fingerprint density at radius 1 is 0.977 bits per heavy atom. The zero-order chi connectivity index (χ0) is 31.9. The van der Waals surface area contributed by atoms with E-state index in [-0.39, 0.29) is 28.8 Å². The molecule has 1 amide bonds. The van der Waals surface area contributed by atoms with E-state index in [1.807, 2.05) is 29.2 Å². The standard InChI is InChI=1S/C35H39F3N2O4/c1-33(2,3)39-21-27-20-34(27,25-9-12-28(44-4)13-10-25)32(43)40-17-15-23(16-18-40)29-14-11-26(35(36,37)38)19-30(29)22-5-7-24(8-6-22)31(41)42/h5-14,19,23,27,39H,15-18,20-21H2,1-4H3,(H,41,42). The van der Waals surface area contributed by atoms with Crippen LogP contribution in [0.2, 0.25) is 0 Å². The topological polar surface area (TPSA) is 78.9 Å². The fourth-order valence-corrected chi connectivity index (χ4v) is 6.44. The molecular weight excluding hydrogens is 569 g/mol. The molecule has 3 aromatic carbocycles. The molecule has 234 valence electrons. The number of likely N-dealkylation sites (tertiary alicyclic amines) is 1. The predicted molar refractivity (Wildman–Crippen MR) is 163 cm³/mol. The van der Waals surface area contributed by atoms with Gasteiger partial charge in [0.15, 0.2) is 0 Å². The van der Waals surface area contributed by atoms with Gasteiger partial charge in [-0.15, -0.1) is 0 Å². The van der Waals surface area contributed by atoms with Crippen molar-refractivity contribution >= 4 is 11.9 Å². The van der Waals surface area contributed by atoms with Crippen LogP contribution in [0.3, 0.4) is 0 Å². The van der Waals surface area contributed by atoms with Crippen molar-refractivity contribution in [3.05, 3.63) is 89.0 Å². The molecule has 6 nitrogen and oxygen atoms in total. The lowest BCUT2D eigenvalue weighted by Gasteiger charge is -2.36. The van der Waals surface area contributed by atoms with E-state index in [2.05, 4.69) is 26.1 Å². The van der Waals surface area contributed by atoms with Crippen LogP contribution in [0.1, 0.15) is 73.0 Å². The van der Waals surface area contributed by atoms with Crippen molar-refractivity contribution in [2.24, 2.45) is 5.92 Å². The summed E-state index contributed by atoms with van der Waals surface area (Å²) in [6.07, 6.45) is -2.54. The fourth-order valence-electron chi connectivity index (χ4n) is 6.44. The van der Waals surface area contributed by atoms with Gasteiger partial charge in [0.2, 0.25) is 5.91 Å². The van der Waals surface area contributed by atoms with Crippen molar-refractivity contribution < 1.29 is 32.6 Å². The monoisotopic (exact) mass is 608 g/mol. The Labute approximate surface area is 256 Å². The molecule has 2 atom stereocenters. The molecule has 2 fully saturated rings. The molecule has 0 bridgehead atoms. The van der Waals surface area contributed by atoms with Crippen molar-refractivity contribution in [3.8, 4) is 16.9 Å². The number of nitrogens with zero attached hydrogens (tertiary/aromatic N) is 1. The number of hydrogen-bond donors (Lipinski definition) is 2. The largest absolute Gasteiger partial charge is 0.497 e. The summed E-state index contributed by atoms with van der Waals surface area (Å²) >= 11 is 0. The Bertz CT molecular complexity index is 1500. The number of carboxylic acids is 1. The quantitative estimate of drug-likeness (QED) is 0.285. The van der Waals surface area contributed by atoms with Crippen molar-refractivity contribution in [2.75, 3.05) is 26.7 Å². The molecule has 3 aromatic rings. The Morgan fingerprint density at radius 3 is 2.16 bits per heavy atom. The first-order valence-corrected chi connectivity index (χ1v) is 15.0. The number of alkyl halides is 3. The molecule has 44 heavy (non-hydrogen) atoms. The van der Waals surface area contributed by atoms with Gasteiger partial charge in [-0.25, -0.2) is 4.79 Å². The molecule has 0 radical (unpaired) electrons. The third kappa shape index (κ3) is 6.48. The summed E-state index contributed by atoms with van der Waals surface area (Å²) < 4.78 is 46.4. The van der Waals surface area contributed by atoms with E-state index in [9.17, 15) is 27.9 Å². The molecule has 5 rings (SSSR count). The van der Waals surface area contributed by atoms with Crippen LogP contribution in [-0.4, -0.2) is 54.2 Å². The SMILES string of the molecule is COc1ccc(C2(C(=O)N3CCC(c4ccc(C(F)(F)F)cc4-c4ccc(C(=O)O)cc4)CC3)CC2CNC(C)(C)C)cc1. The van der Waals surface area contributed by atoms with E-state index in [1.165, 1.54) is 12.1 Å². The number of benzene rings is 3. The van der Waals surface area contributed by atoms with E-state index in [4.69, 9.17) is 4.74 Å². The van der Waals surface area contributed by atoms with E-state index in [1.54, 1.807) is 25.3 Å². The van der Waals surface area contributed by atoms with Crippen LogP contribution < -0.4 is 10.1 Å². The first kappa shape index (κ1) is 31.6. The van der Waals surface area contributed by atoms with Crippen molar-refractivity contribution in [1.82, 2.24) is 10.2 Å². The van der Waals surface area contributed by atoms with Crippen LogP contribution in [0.15, 0.2) is 66.7 Å². The molecule has 0 aromatic heterocycles. The number of ether oxygens (including phenoxy) is 1.